The number of carbonyl (C=O) groups excluding carboxylic acids is 2. The van der Waals surface area contributed by atoms with Crippen LogP contribution in [0.25, 0.3) is 0 Å². The van der Waals surface area contributed by atoms with Crippen molar-refractivity contribution in [1.82, 2.24) is 10.6 Å². The molecule has 0 bridgehead atoms. The smallest absolute Gasteiger partial charge is 0.404 e. The Hall–Kier alpha value is -2.03. The van der Waals surface area contributed by atoms with E-state index < -0.39 is 23.6 Å². The number of nitrogens with two attached hydrogens (primary N) is 1. The van der Waals surface area contributed by atoms with Crippen LogP contribution in [0.4, 0.5) is 9.59 Å². The van der Waals surface area contributed by atoms with Crippen molar-refractivity contribution in [1.29, 1.82) is 0 Å². The Balaban J connectivity index is 2.39. The minimum Gasteiger partial charge on any atom is -0.480 e. The highest BCUT2D eigenvalue weighted by atomic mass is 16.5. The van der Waals surface area contributed by atoms with Crippen LogP contribution in [0.15, 0.2) is 0 Å². The predicted octanol–water partition coefficient (Wildman–Crippen LogP) is -0.985. The summed E-state index contributed by atoms with van der Waals surface area (Å²) < 4.78 is 9.49. The van der Waals surface area contributed by atoms with E-state index in [0.29, 0.717) is 0 Å². The summed E-state index contributed by atoms with van der Waals surface area (Å²) in [5, 5.41) is 14.0. The van der Waals surface area contributed by atoms with Gasteiger partial charge in [0.1, 0.15) is 12.1 Å². The van der Waals surface area contributed by atoms with E-state index in [1.165, 1.54) is 0 Å². The number of hydrogen-bond acceptors (Lipinski definition) is 5. The molecule has 9 nitrogen and oxygen atoms in total. The van der Waals surface area contributed by atoms with Crippen LogP contribution in [0, 0.1) is 0 Å². The summed E-state index contributed by atoms with van der Waals surface area (Å²) in [7, 11) is 0. The van der Waals surface area contributed by atoms with Crippen LogP contribution in [0.2, 0.25) is 0 Å². The maximum Gasteiger partial charge on any atom is 0.404 e. The van der Waals surface area contributed by atoms with Gasteiger partial charge < -0.3 is 30.9 Å². The van der Waals surface area contributed by atoms with Crippen LogP contribution in [0.5, 0.6) is 0 Å². The molecule has 108 valence electrons. The minimum absolute atomic E-state index is 0.0426. The van der Waals surface area contributed by atoms with Gasteiger partial charge in [0.25, 0.3) is 0 Å². The van der Waals surface area contributed by atoms with Crippen LogP contribution < -0.4 is 16.4 Å². The molecule has 1 saturated heterocycles. The van der Waals surface area contributed by atoms with Gasteiger partial charge in [-0.15, -0.1) is 0 Å². The Labute approximate surface area is 109 Å². The molecule has 0 unspecified atom stereocenters. The Kier molecular flexibility index (Phi) is 5.37. The number of aliphatic carboxylic acids is 1. The lowest BCUT2D eigenvalue weighted by molar-refractivity contribution is -0.148. The molecule has 0 radical (unpaired) electrons. The second-order valence-corrected chi connectivity index (χ2v) is 4.05. The fourth-order valence-electron chi connectivity index (χ4n) is 1.69. The lowest BCUT2D eigenvalue weighted by atomic mass is 9.90. The van der Waals surface area contributed by atoms with E-state index >= 15 is 0 Å². The van der Waals surface area contributed by atoms with Crippen molar-refractivity contribution in [3.8, 4) is 0 Å². The quantitative estimate of drug-likeness (QED) is 0.475. The standard InChI is InChI=1S/C10H17N3O6/c11-8(16)19-6-3-12-9(17)13-10(7(14)15)1-4-18-5-2-10/h1-6H2,(H2,11,16)(H,14,15)(H2,12,13,17). The highest BCUT2D eigenvalue weighted by molar-refractivity contribution is 5.86. The molecule has 0 aromatic rings. The zero-order chi connectivity index (χ0) is 14.3. The third-order valence-corrected chi connectivity index (χ3v) is 2.74. The summed E-state index contributed by atoms with van der Waals surface area (Å²) in [5.41, 5.74) is 3.43. The minimum atomic E-state index is -1.31. The first-order valence-corrected chi connectivity index (χ1v) is 5.76. The van der Waals surface area contributed by atoms with Gasteiger partial charge in [-0.1, -0.05) is 0 Å². The summed E-state index contributed by atoms with van der Waals surface area (Å²) in [4.78, 5) is 33.1. The number of primary amides is 1. The summed E-state index contributed by atoms with van der Waals surface area (Å²) in [6, 6.07) is -0.641. The number of carbonyl (C=O) groups is 3. The molecule has 1 aliphatic heterocycles. The third-order valence-electron chi connectivity index (χ3n) is 2.74. The van der Waals surface area contributed by atoms with Crippen LogP contribution in [-0.4, -0.2) is 55.1 Å². The fraction of sp³-hybridized carbons (Fsp3) is 0.700. The van der Waals surface area contributed by atoms with Gasteiger partial charge in [0.2, 0.25) is 0 Å². The summed E-state index contributed by atoms with van der Waals surface area (Å²) in [5.74, 6) is -1.10. The average molecular weight is 275 g/mol. The Morgan fingerprint density at radius 3 is 2.47 bits per heavy atom. The molecule has 0 atom stereocenters. The largest absolute Gasteiger partial charge is 0.480 e. The number of carboxylic acid groups (broad SMARTS) is 1. The van der Waals surface area contributed by atoms with Crippen LogP contribution in [0.1, 0.15) is 12.8 Å². The maximum absolute atomic E-state index is 11.6. The van der Waals surface area contributed by atoms with Gasteiger partial charge in [-0.05, 0) is 0 Å². The molecule has 1 heterocycles. The van der Waals surface area contributed by atoms with Crippen molar-refractivity contribution in [3.05, 3.63) is 0 Å². The summed E-state index contributed by atoms with van der Waals surface area (Å²) in [6.07, 6.45) is -0.533. The second-order valence-electron chi connectivity index (χ2n) is 4.05. The van der Waals surface area contributed by atoms with E-state index in [4.69, 9.17) is 10.5 Å². The lowest BCUT2D eigenvalue weighted by Gasteiger charge is -2.33. The second kappa shape index (κ2) is 6.78. The van der Waals surface area contributed by atoms with Crippen LogP contribution in [0.3, 0.4) is 0 Å². The third kappa shape index (κ3) is 4.62. The number of urea groups is 1. The van der Waals surface area contributed by atoms with Gasteiger partial charge in [-0.3, -0.25) is 0 Å². The normalized spacial score (nSPS) is 17.3. The van der Waals surface area contributed by atoms with E-state index in [0.717, 1.165) is 0 Å². The van der Waals surface area contributed by atoms with Crippen LogP contribution >= 0.6 is 0 Å². The molecule has 5 N–H and O–H groups in total. The molecule has 0 aliphatic carbocycles. The van der Waals surface area contributed by atoms with E-state index in [2.05, 4.69) is 15.4 Å². The molecule has 19 heavy (non-hydrogen) atoms. The lowest BCUT2D eigenvalue weighted by Crippen LogP contribution is -2.59. The Morgan fingerprint density at radius 2 is 1.95 bits per heavy atom. The molecular weight excluding hydrogens is 258 g/mol. The first-order valence-electron chi connectivity index (χ1n) is 5.76. The highest BCUT2D eigenvalue weighted by Crippen LogP contribution is 2.20. The molecule has 3 amide bonds. The van der Waals surface area contributed by atoms with Gasteiger partial charge in [0.15, 0.2) is 0 Å². The first-order chi connectivity index (χ1) is 8.96. The van der Waals surface area contributed by atoms with E-state index in [-0.39, 0.29) is 39.2 Å². The van der Waals surface area contributed by atoms with E-state index in [9.17, 15) is 19.5 Å². The van der Waals surface area contributed by atoms with Gasteiger partial charge in [0.05, 0.1) is 6.54 Å². The van der Waals surface area contributed by atoms with Gasteiger partial charge in [0, 0.05) is 26.1 Å². The van der Waals surface area contributed by atoms with Crippen LogP contribution in [-0.2, 0) is 14.3 Å². The maximum atomic E-state index is 11.6. The molecule has 9 heteroatoms. The van der Waals surface area contributed by atoms with E-state index in [1.54, 1.807) is 0 Å². The molecule has 1 fully saturated rings. The van der Waals surface area contributed by atoms with Gasteiger partial charge in [-0.25, -0.2) is 14.4 Å². The predicted molar refractivity (Wildman–Crippen MR) is 62.5 cm³/mol. The zero-order valence-electron chi connectivity index (χ0n) is 10.3. The first kappa shape index (κ1) is 15.0. The molecule has 1 aliphatic rings. The Morgan fingerprint density at radius 1 is 1.32 bits per heavy atom. The van der Waals surface area contributed by atoms with Crippen molar-refractivity contribution >= 4 is 18.1 Å². The molecule has 0 aromatic carbocycles. The van der Waals surface area contributed by atoms with Crippen molar-refractivity contribution in [3.63, 3.8) is 0 Å². The van der Waals surface area contributed by atoms with E-state index in [1.807, 2.05) is 0 Å². The van der Waals surface area contributed by atoms with Crippen molar-refractivity contribution in [2.45, 2.75) is 18.4 Å². The molecular formula is C10H17N3O6. The molecule has 0 saturated carbocycles. The van der Waals surface area contributed by atoms with Crippen molar-refractivity contribution < 1.29 is 29.0 Å². The highest BCUT2D eigenvalue weighted by Gasteiger charge is 2.41. The molecule has 1 rings (SSSR count). The number of ether oxygens (including phenoxy) is 2. The number of nitrogens with one attached hydrogen (secondary N) is 2. The molecule has 0 aromatic heterocycles. The average Bonchev–Trinajstić information content (AvgIpc) is 2.35. The van der Waals surface area contributed by atoms with Crippen molar-refractivity contribution in [2.24, 2.45) is 5.73 Å². The monoisotopic (exact) mass is 275 g/mol. The molecule has 0 spiro atoms. The fourth-order valence-corrected chi connectivity index (χ4v) is 1.69. The number of carboxylic acids is 1. The van der Waals surface area contributed by atoms with Gasteiger partial charge in [-0.2, -0.15) is 0 Å². The number of rotatable bonds is 5. The van der Waals surface area contributed by atoms with Crippen molar-refractivity contribution in [2.75, 3.05) is 26.4 Å². The number of hydrogen-bond donors (Lipinski definition) is 4. The Bertz CT molecular complexity index is 353. The SMILES string of the molecule is NC(=O)OCCNC(=O)NC1(C(=O)O)CCOCC1. The summed E-state index contributed by atoms with van der Waals surface area (Å²) in [6.45, 7) is 0.516. The topological polar surface area (TPSA) is 140 Å². The summed E-state index contributed by atoms with van der Waals surface area (Å²) >= 11 is 0. The zero-order valence-corrected chi connectivity index (χ0v) is 10.3. The number of amides is 3. The van der Waals surface area contributed by atoms with Gasteiger partial charge >= 0.3 is 18.1 Å².